The van der Waals surface area contributed by atoms with Crippen molar-refractivity contribution in [2.75, 3.05) is 0 Å². The van der Waals surface area contributed by atoms with Crippen LogP contribution in [0.1, 0.15) is 31.9 Å². The summed E-state index contributed by atoms with van der Waals surface area (Å²) in [5, 5.41) is 0. The van der Waals surface area contributed by atoms with Gasteiger partial charge >= 0.3 is 5.97 Å². The molecule has 0 spiro atoms. The Labute approximate surface area is 96.6 Å². The monoisotopic (exact) mass is 218 g/mol. The number of fused-ring (bicyclic) bond motifs is 1. The minimum atomic E-state index is -0.408. The van der Waals surface area contributed by atoms with E-state index in [1.807, 2.05) is 32.9 Å². The second-order valence-electron chi connectivity index (χ2n) is 5.45. The molecule has 0 unspecified atom stereocenters. The van der Waals surface area contributed by atoms with Crippen LogP contribution in [-0.2, 0) is 22.4 Å². The molecule has 0 atom stereocenters. The molecule has 1 aliphatic rings. The van der Waals surface area contributed by atoms with Gasteiger partial charge < -0.3 is 4.74 Å². The van der Waals surface area contributed by atoms with Crippen molar-refractivity contribution in [3.05, 3.63) is 35.4 Å². The zero-order chi connectivity index (χ0) is 11.8. The molecule has 0 saturated carbocycles. The summed E-state index contributed by atoms with van der Waals surface area (Å²) in [5.41, 5.74) is 2.22. The third kappa shape index (κ3) is 2.26. The summed E-state index contributed by atoms with van der Waals surface area (Å²) in [5.74, 6) is -0.106. The molecule has 0 bridgehead atoms. The van der Waals surface area contributed by atoms with Gasteiger partial charge in [-0.25, -0.2) is 0 Å². The fourth-order valence-electron chi connectivity index (χ4n) is 1.93. The number of carbonyl (C=O) groups excluding carboxylic acids is 1. The molecular formula is C14H18O2. The standard InChI is InChI=1S/C14H18O2/c1-14(2,3)13(15)16-12-8-10-6-4-5-7-11(10)9-12/h4-7,12H,8-9H2,1-3H3. The first-order valence-electron chi connectivity index (χ1n) is 5.74. The van der Waals surface area contributed by atoms with Gasteiger partial charge in [-0.15, -0.1) is 0 Å². The first kappa shape index (κ1) is 11.2. The SMILES string of the molecule is CC(C)(C)C(=O)OC1Cc2ccccc2C1. The number of esters is 1. The first-order valence-corrected chi connectivity index (χ1v) is 5.74. The van der Waals surface area contributed by atoms with E-state index in [1.165, 1.54) is 11.1 Å². The van der Waals surface area contributed by atoms with Gasteiger partial charge in [-0.1, -0.05) is 24.3 Å². The van der Waals surface area contributed by atoms with Crippen molar-refractivity contribution < 1.29 is 9.53 Å². The summed E-state index contributed by atoms with van der Waals surface area (Å²) in [6.07, 6.45) is 1.75. The van der Waals surface area contributed by atoms with Crippen molar-refractivity contribution in [2.45, 2.75) is 39.7 Å². The highest BCUT2D eigenvalue weighted by Gasteiger charge is 2.29. The molecule has 86 valence electrons. The van der Waals surface area contributed by atoms with Crippen LogP contribution in [0.2, 0.25) is 0 Å². The van der Waals surface area contributed by atoms with Gasteiger partial charge in [0.2, 0.25) is 0 Å². The molecule has 2 rings (SSSR count). The Hall–Kier alpha value is -1.31. The number of ether oxygens (including phenoxy) is 1. The predicted molar refractivity (Wildman–Crippen MR) is 63.2 cm³/mol. The molecule has 0 fully saturated rings. The van der Waals surface area contributed by atoms with Crippen molar-refractivity contribution in [2.24, 2.45) is 5.41 Å². The Bertz CT molecular complexity index is 376. The van der Waals surface area contributed by atoms with Crippen LogP contribution in [0.25, 0.3) is 0 Å². The maximum Gasteiger partial charge on any atom is 0.311 e. The molecule has 1 aliphatic carbocycles. The molecule has 0 radical (unpaired) electrons. The van der Waals surface area contributed by atoms with Gasteiger partial charge in [-0.2, -0.15) is 0 Å². The number of hydrogen-bond acceptors (Lipinski definition) is 2. The van der Waals surface area contributed by atoms with Crippen molar-refractivity contribution in [3.63, 3.8) is 0 Å². The van der Waals surface area contributed by atoms with Crippen LogP contribution in [0.3, 0.4) is 0 Å². The lowest BCUT2D eigenvalue weighted by Gasteiger charge is -2.20. The molecule has 0 aliphatic heterocycles. The van der Waals surface area contributed by atoms with Gasteiger partial charge in [-0.05, 0) is 31.9 Å². The lowest BCUT2D eigenvalue weighted by molar-refractivity contribution is -0.158. The van der Waals surface area contributed by atoms with Crippen LogP contribution < -0.4 is 0 Å². The van der Waals surface area contributed by atoms with E-state index >= 15 is 0 Å². The van der Waals surface area contributed by atoms with Crippen LogP contribution in [0, 0.1) is 5.41 Å². The molecule has 0 heterocycles. The highest BCUT2D eigenvalue weighted by atomic mass is 16.5. The number of rotatable bonds is 1. The van der Waals surface area contributed by atoms with E-state index < -0.39 is 5.41 Å². The van der Waals surface area contributed by atoms with Crippen LogP contribution in [0.15, 0.2) is 24.3 Å². The van der Waals surface area contributed by atoms with E-state index in [0.717, 1.165) is 12.8 Å². The van der Waals surface area contributed by atoms with Crippen molar-refractivity contribution in [1.29, 1.82) is 0 Å². The fraction of sp³-hybridized carbons (Fsp3) is 0.500. The molecule has 0 saturated heterocycles. The predicted octanol–water partition coefficient (Wildman–Crippen LogP) is 2.74. The smallest absolute Gasteiger partial charge is 0.311 e. The maximum atomic E-state index is 11.7. The second kappa shape index (κ2) is 3.93. The topological polar surface area (TPSA) is 26.3 Å². The minimum Gasteiger partial charge on any atom is -0.461 e. The average molecular weight is 218 g/mol. The number of benzene rings is 1. The zero-order valence-corrected chi connectivity index (χ0v) is 10.1. The molecule has 2 heteroatoms. The molecular weight excluding hydrogens is 200 g/mol. The average Bonchev–Trinajstić information content (AvgIpc) is 2.58. The van der Waals surface area contributed by atoms with E-state index in [2.05, 4.69) is 12.1 Å². The number of carbonyl (C=O) groups is 1. The Morgan fingerprint density at radius 1 is 1.19 bits per heavy atom. The summed E-state index contributed by atoms with van der Waals surface area (Å²) in [4.78, 5) is 11.7. The van der Waals surface area contributed by atoms with E-state index in [1.54, 1.807) is 0 Å². The van der Waals surface area contributed by atoms with Gasteiger partial charge in [-0.3, -0.25) is 4.79 Å². The summed E-state index contributed by atoms with van der Waals surface area (Å²) in [6.45, 7) is 5.66. The van der Waals surface area contributed by atoms with Crippen LogP contribution in [-0.4, -0.2) is 12.1 Å². The lowest BCUT2D eigenvalue weighted by Crippen LogP contribution is -2.28. The normalized spacial score (nSPS) is 15.9. The fourth-order valence-corrected chi connectivity index (χ4v) is 1.93. The van der Waals surface area contributed by atoms with E-state index in [9.17, 15) is 4.79 Å². The first-order chi connectivity index (χ1) is 7.47. The summed E-state index contributed by atoms with van der Waals surface area (Å²) in [7, 11) is 0. The Kier molecular flexibility index (Phi) is 2.75. The Morgan fingerprint density at radius 3 is 2.12 bits per heavy atom. The third-order valence-corrected chi connectivity index (χ3v) is 2.90. The molecule has 0 N–H and O–H groups in total. The second-order valence-corrected chi connectivity index (χ2v) is 5.45. The van der Waals surface area contributed by atoms with Crippen LogP contribution in [0.4, 0.5) is 0 Å². The van der Waals surface area contributed by atoms with Crippen molar-refractivity contribution in [3.8, 4) is 0 Å². The van der Waals surface area contributed by atoms with E-state index in [-0.39, 0.29) is 12.1 Å². The van der Waals surface area contributed by atoms with Crippen molar-refractivity contribution in [1.82, 2.24) is 0 Å². The molecule has 0 amide bonds. The van der Waals surface area contributed by atoms with Crippen molar-refractivity contribution >= 4 is 5.97 Å². The van der Waals surface area contributed by atoms with Crippen LogP contribution in [0.5, 0.6) is 0 Å². The van der Waals surface area contributed by atoms with Gasteiger partial charge in [0, 0.05) is 12.8 Å². The van der Waals surface area contributed by atoms with Gasteiger partial charge in [0.1, 0.15) is 6.10 Å². The highest BCUT2D eigenvalue weighted by Crippen LogP contribution is 2.26. The quantitative estimate of drug-likeness (QED) is 0.677. The summed E-state index contributed by atoms with van der Waals surface area (Å²) in [6, 6.07) is 8.29. The summed E-state index contributed by atoms with van der Waals surface area (Å²) >= 11 is 0. The largest absolute Gasteiger partial charge is 0.461 e. The molecule has 1 aromatic carbocycles. The summed E-state index contributed by atoms with van der Waals surface area (Å²) < 4.78 is 5.52. The van der Waals surface area contributed by atoms with E-state index in [0.29, 0.717) is 0 Å². The zero-order valence-electron chi connectivity index (χ0n) is 10.1. The molecule has 0 aromatic heterocycles. The van der Waals surface area contributed by atoms with Crippen LogP contribution >= 0.6 is 0 Å². The highest BCUT2D eigenvalue weighted by molar-refractivity contribution is 5.75. The Balaban J connectivity index is 2.00. The van der Waals surface area contributed by atoms with E-state index in [4.69, 9.17) is 4.74 Å². The molecule has 16 heavy (non-hydrogen) atoms. The molecule has 1 aromatic rings. The van der Waals surface area contributed by atoms with Gasteiger partial charge in [0.05, 0.1) is 5.41 Å². The molecule has 2 nitrogen and oxygen atoms in total. The van der Waals surface area contributed by atoms with Gasteiger partial charge in [0.25, 0.3) is 0 Å². The lowest BCUT2D eigenvalue weighted by atomic mass is 9.97. The minimum absolute atomic E-state index is 0.0316. The van der Waals surface area contributed by atoms with Gasteiger partial charge in [0.15, 0.2) is 0 Å². The third-order valence-electron chi connectivity index (χ3n) is 2.90. The number of hydrogen-bond donors (Lipinski definition) is 0. The maximum absolute atomic E-state index is 11.7. The Morgan fingerprint density at radius 2 is 1.69 bits per heavy atom.